The smallest absolute Gasteiger partial charge is 0.374 e. The first-order valence-electron chi connectivity index (χ1n) is 15.2. The van der Waals surface area contributed by atoms with Gasteiger partial charge >= 0.3 is 5.97 Å². The van der Waals surface area contributed by atoms with Gasteiger partial charge in [0.2, 0.25) is 5.76 Å². The normalized spacial score (nSPS) is 32.0. The number of aliphatic carboxylic acids is 1. The van der Waals surface area contributed by atoms with Crippen LogP contribution in [0.5, 0.6) is 0 Å². The van der Waals surface area contributed by atoms with E-state index in [1.165, 1.54) is 31.3 Å². The van der Waals surface area contributed by atoms with Crippen molar-refractivity contribution in [2.75, 3.05) is 13.2 Å². The Hall–Kier alpha value is -2.01. The van der Waals surface area contributed by atoms with Crippen molar-refractivity contribution in [1.82, 2.24) is 0 Å². The van der Waals surface area contributed by atoms with Crippen molar-refractivity contribution in [3.8, 4) is 11.8 Å². The van der Waals surface area contributed by atoms with E-state index in [1.54, 1.807) is 0 Å². The number of allylic oxidation sites excluding steroid dienone is 1. The van der Waals surface area contributed by atoms with Gasteiger partial charge in [-0.05, 0) is 82.5 Å². The van der Waals surface area contributed by atoms with E-state index in [0.29, 0.717) is 49.6 Å². The molecule has 218 valence electrons. The Labute approximate surface area is 234 Å². The summed E-state index contributed by atoms with van der Waals surface area (Å²) in [5.41, 5.74) is 1.34. The molecule has 0 bridgehead atoms. The molecule has 0 radical (unpaired) electrons. The van der Waals surface area contributed by atoms with Crippen LogP contribution < -0.4 is 0 Å². The van der Waals surface area contributed by atoms with Crippen molar-refractivity contribution in [3.63, 3.8) is 0 Å². The summed E-state index contributed by atoms with van der Waals surface area (Å²) in [5, 5.41) is 10.1. The lowest BCUT2D eigenvalue weighted by atomic mass is 9.84. The van der Waals surface area contributed by atoms with Gasteiger partial charge in [-0.15, -0.1) is 11.8 Å². The number of carboxylic acids is 1. The fourth-order valence-corrected chi connectivity index (χ4v) is 6.23. The van der Waals surface area contributed by atoms with Crippen molar-refractivity contribution in [2.45, 2.75) is 129 Å². The summed E-state index contributed by atoms with van der Waals surface area (Å²) < 4.78 is 29.6. The fraction of sp³-hybridized carbons (Fsp3) is 0.781. The second-order valence-corrected chi connectivity index (χ2v) is 11.8. The van der Waals surface area contributed by atoms with Crippen molar-refractivity contribution >= 4 is 5.97 Å². The Kier molecular flexibility index (Phi) is 11.6. The second kappa shape index (κ2) is 15.1. The maximum atomic E-state index is 12.3. The van der Waals surface area contributed by atoms with E-state index in [-0.39, 0.29) is 18.0 Å². The molecular weight excluding hydrogens is 496 g/mol. The van der Waals surface area contributed by atoms with Crippen LogP contribution in [0.15, 0.2) is 23.7 Å². The molecule has 3 heterocycles. The standard InChI is InChI=1S/C32H48O7/c1-4-5-11-22(2)12-10-13-24-17-16-23(3)25(24)20-26-27(37-26)21-28(38-29-14-6-8-18-35-29)31(32(33)34)39-30-15-7-9-19-36-30/h22,24-27,29-30H,3,6-21H2,1-2H3,(H,33,34)/t22?,24-,25-,26+,27?,29?,30?/m0/s1. The average molecular weight is 545 g/mol. The summed E-state index contributed by atoms with van der Waals surface area (Å²) >= 11 is 0. The third-order valence-electron chi connectivity index (χ3n) is 8.64. The molecule has 1 saturated carbocycles. The van der Waals surface area contributed by atoms with Crippen LogP contribution >= 0.6 is 0 Å². The zero-order valence-electron chi connectivity index (χ0n) is 24.0. The van der Waals surface area contributed by atoms with Gasteiger partial charge in [-0.1, -0.05) is 25.5 Å². The monoisotopic (exact) mass is 544 g/mol. The molecule has 1 N–H and O–H groups in total. The number of carbonyl (C=O) groups is 1. The first kappa shape index (κ1) is 30.0. The molecule has 3 aliphatic heterocycles. The van der Waals surface area contributed by atoms with Crippen molar-refractivity contribution < 1.29 is 33.6 Å². The number of epoxide rings is 1. The van der Waals surface area contributed by atoms with Gasteiger partial charge in [0.05, 0.1) is 25.4 Å². The van der Waals surface area contributed by atoms with Crippen LogP contribution in [-0.4, -0.2) is 49.1 Å². The molecule has 4 rings (SSSR count). The minimum Gasteiger partial charge on any atom is -0.475 e. The average Bonchev–Trinajstić information content (AvgIpc) is 3.59. The van der Waals surface area contributed by atoms with Crippen LogP contribution in [0.1, 0.15) is 104 Å². The van der Waals surface area contributed by atoms with E-state index in [9.17, 15) is 9.90 Å². The van der Waals surface area contributed by atoms with Gasteiger partial charge in [-0.3, -0.25) is 0 Å². The predicted octanol–water partition coefficient (Wildman–Crippen LogP) is 6.72. The molecule has 39 heavy (non-hydrogen) atoms. The predicted molar refractivity (Wildman–Crippen MR) is 148 cm³/mol. The Morgan fingerprint density at radius 2 is 1.79 bits per heavy atom. The number of ether oxygens (including phenoxy) is 5. The van der Waals surface area contributed by atoms with Gasteiger partial charge in [0, 0.05) is 25.7 Å². The summed E-state index contributed by atoms with van der Waals surface area (Å²) in [6.07, 6.45) is 12.5. The molecule has 4 aliphatic rings. The van der Waals surface area contributed by atoms with Crippen molar-refractivity contribution in [1.29, 1.82) is 0 Å². The van der Waals surface area contributed by atoms with E-state index in [1.807, 2.05) is 6.92 Å². The third-order valence-corrected chi connectivity index (χ3v) is 8.64. The van der Waals surface area contributed by atoms with Gasteiger partial charge in [0.25, 0.3) is 0 Å². The van der Waals surface area contributed by atoms with Crippen LogP contribution in [0.2, 0.25) is 0 Å². The molecule has 0 aromatic heterocycles. The molecule has 0 amide bonds. The topological polar surface area (TPSA) is 86.8 Å². The van der Waals surface area contributed by atoms with Crippen LogP contribution in [0.4, 0.5) is 0 Å². The highest BCUT2D eigenvalue weighted by Gasteiger charge is 2.45. The molecule has 0 aromatic rings. The second-order valence-electron chi connectivity index (χ2n) is 11.8. The lowest BCUT2D eigenvalue weighted by Gasteiger charge is -2.27. The number of hydrogen-bond donors (Lipinski definition) is 1. The molecular formula is C32H48O7. The van der Waals surface area contributed by atoms with Gasteiger partial charge in [0.15, 0.2) is 18.3 Å². The van der Waals surface area contributed by atoms with Crippen LogP contribution in [-0.2, 0) is 28.5 Å². The quantitative estimate of drug-likeness (QED) is 0.0854. The molecule has 4 fully saturated rings. The van der Waals surface area contributed by atoms with Gasteiger partial charge in [0.1, 0.15) is 0 Å². The van der Waals surface area contributed by atoms with Crippen LogP contribution in [0.3, 0.4) is 0 Å². The van der Waals surface area contributed by atoms with E-state index in [4.69, 9.17) is 23.7 Å². The summed E-state index contributed by atoms with van der Waals surface area (Å²) in [5.74, 6) is 6.95. The van der Waals surface area contributed by atoms with Crippen molar-refractivity contribution in [2.24, 2.45) is 17.8 Å². The molecule has 4 unspecified atom stereocenters. The van der Waals surface area contributed by atoms with Gasteiger partial charge in [-0.2, -0.15) is 0 Å². The molecule has 7 heteroatoms. The first-order valence-corrected chi connectivity index (χ1v) is 15.2. The fourth-order valence-electron chi connectivity index (χ4n) is 6.23. The zero-order chi connectivity index (χ0) is 27.6. The highest BCUT2D eigenvalue weighted by atomic mass is 16.7. The van der Waals surface area contributed by atoms with Crippen molar-refractivity contribution in [3.05, 3.63) is 23.7 Å². The highest BCUT2D eigenvalue weighted by Crippen LogP contribution is 2.46. The minimum atomic E-state index is -1.14. The zero-order valence-corrected chi connectivity index (χ0v) is 24.0. The Bertz CT molecular complexity index is 903. The maximum Gasteiger partial charge on any atom is 0.374 e. The molecule has 7 atom stereocenters. The minimum absolute atomic E-state index is 0.0814. The SMILES string of the molecule is C=C1CC[C@H](CCCC(C)CC#CC)[C@H]1C[C@H]1OC1CC(OC1CCCCO1)=C(OC1CCCCO1)C(=O)O. The molecule has 0 aromatic carbocycles. The van der Waals surface area contributed by atoms with E-state index in [2.05, 4.69) is 25.3 Å². The number of rotatable bonds is 14. The van der Waals surface area contributed by atoms with E-state index in [0.717, 1.165) is 51.4 Å². The Balaban J connectivity index is 1.35. The van der Waals surface area contributed by atoms with E-state index >= 15 is 0 Å². The molecule has 0 spiro atoms. The molecule has 7 nitrogen and oxygen atoms in total. The number of hydrogen-bond acceptors (Lipinski definition) is 6. The Morgan fingerprint density at radius 1 is 1.08 bits per heavy atom. The van der Waals surface area contributed by atoms with Crippen LogP contribution in [0.25, 0.3) is 0 Å². The molecule has 3 saturated heterocycles. The summed E-state index contributed by atoms with van der Waals surface area (Å²) in [7, 11) is 0. The lowest BCUT2D eigenvalue weighted by molar-refractivity contribution is -0.170. The summed E-state index contributed by atoms with van der Waals surface area (Å²) in [6.45, 7) is 9.78. The lowest BCUT2D eigenvalue weighted by Crippen LogP contribution is -2.28. The third kappa shape index (κ3) is 9.27. The Morgan fingerprint density at radius 3 is 2.44 bits per heavy atom. The number of carboxylic acid groups (broad SMARTS) is 1. The first-order chi connectivity index (χ1) is 18.9. The van der Waals surface area contributed by atoms with Gasteiger partial charge in [-0.25, -0.2) is 4.79 Å². The summed E-state index contributed by atoms with van der Waals surface area (Å²) in [6, 6.07) is 0. The highest BCUT2D eigenvalue weighted by molar-refractivity contribution is 5.84. The van der Waals surface area contributed by atoms with E-state index < -0.39 is 18.5 Å². The largest absolute Gasteiger partial charge is 0.475 e. The summed E-state index contributed by atoms with van der Waals surface area (Å²) in [4.78, 5) is 12.3. The van der Waals surface area contributed by atoms with Crippen LogP contribution in [0, 0.1) is 29.6 Å². The molecule has 1 aliphatic carbocycles. The van der Waals surface area contributed by atoms with Gasteiger partial charge < -0.3 is 28.8 Å². The maximum absolute atomic E-state index is 12.3.